The Hall–Kier alpha value is -3.86. The molecule has 144 valence electrons. The van der Waals surface area contributed by atoms with Crippen LogP contribution in [0.3, 0.4) is 0 Å². The number of nitrogens with one attached hydrogen (secondary N) is 1. The number of amides is 1. The molecular formula is C24H19NO4. The molecule has 0 radical (unpaired) electrons. The summed E-state index contributed by atoms with van der Waals surface area (Å²) in [5.41, 5.74) is 3.32. The van der Waals surface area contributed by atoms with E-state index in [2.05, 4.69) is 5.32 Å². The average molecular weight is 385 g/mol. The van der Waals surface area contributed by atoms with Gasteiger partial charge in [0.1, 0.15) is 11.3 Å². The minimum atomic E-state index is -0.398. The van der Waals surface area contributed by atoms with Gasteiger partial charge in [-0.25, -0.2) is 4.79 Å². The van der Waals surface area contributed by atoms with Crippen molar-refractivity contribution >= 4 is 22.6 Å². The standard InChI is InChI=1S/C24H19NO4/c1-15-6-5-8-19(22(15)28-2)23(26)25-18-12-10-16(11-13-18)20-14-17-7-3-4-9-21(17)29-24(20)27/h3-14H,1-2H3,(H,25,26). The van der Waals surface area contributed by atoms with Gasteiger partial charge in [0.05, 0.1) is 18.2 Å². The fraction of sp³-hybridized carbons (Fsp3) is 0.0833. The fourth-order valence-electron chi connectivity index (χ4n) is 3.30. The highest BCUT2D eigenvalue weighted by atomic mass is 16.5. The molecule has 0 atom stereocenters. The topological polar surface area (TPSA) is 68.5 Å². The van der Waals surface area contributed by atoms with Crippen molar-refractivity contribution in [2.45, 2.75) is 6.92 Å². The van der Waals surface area contributed by atoms with Gasteiger partial charge in [0.2, 0.25) is 0 Å². The minimum Gasteiger partial charge on any atom is -0.496 e. The van der Waals surface area contributed by atoms with Gasteiger partial charge in [-0.2, -0.15) is 0 Å². The van der Waals surface area contributed by atoms with Crippen LogP contribution in [-0.4, -0.2) is 13.0 Å². The number of benzene rings is 3. The highest BCUT2D eigenvalue weighted by Crippen LogP contribution is 2.25. The van der Waals surface area contributed by atoms with Crippen molar-refractivity contribution < 1.29 is 13.9 Å². The average Bonchev–Trinajstić information content (AvgIpc) is 2.73. The smallest absolute Gasteiger partial charge is 0.344 e. The van der Waals surface area contributed by atoms with E-state index in [1.165, 1.54) is 0 Å². The second-order valence-corrected chi connectivity index (χ2v) is 6.67. The number of methoxy groups -OCH3 is 1. The monoisotopic (exact) mass is 385 g/mol. The summed E-state index contributed by atoms with van der Waals surface area (Å²) < 4.78 is 10.8. The molecule has 1 N–H and O–H groups in total. The molecular weight excluding hydrogens is 366 g/mol. The number of ether oxygens (including phenoxy) is 1. The summed E-state index contributed by atoms with van der Waals surface area (Å²) in [6.45, 7) is 1.89. The van der Waals surface area contributed by atoms with E-state index >= 15 is 0 Å². The largest absolute Gasteiger partial charge is 0.496 e. The lowest BCUT2D eigenvalue weighted by molar-refractivity contribution is 0.102. The van der Waals surface area contributed by atoms with Crippen molar-refractivity contribution in [2.24, 2.45) is 0 Å². The van der Waals surface area contributed by atoms with Crippen molar-refractivity contribution in [1.29, 1.82) is 0 Å². The van der Waals surface area contributed by atoms with Gasteiger partial charge in [-0.15, -0.1) is 0 Å². The predicted molar refractivity (Wildman–Crippen MR) is 114 cm³/mol. The van der Waals surface area contributed by atoms with Gasteiger partial charge in [0, 0.05) is 11.1 Å². The Morgan fingerprint density at radius 2 is 1.72 bits per heavy atom. The normalized spacial score (nSPS) is 10.7. The molecule has 1 aromatic heterocycles. The molecule has 1 heterocycles. The number of hydrogen-bond acceptors (Lipinski definition) is 4. The molecule has 5 heteroatoms. The summed E-state index contributed by atoms with van der Waals surface area (Å²) in [6, 6.07) is 21.7. The number of hydrogen-bond donors (Lipinski definition) is 1. The number of fused-ring (bicyclic) bond motifs is 1. The van der Waals surface area contributed by atoms with Crippen molar-refractivity contribution in [3.8, 4) is 16.9 Å². The first-order valence-electron chi connectivity index (χ1n) is 9.15. The molecule has 0 bridgehead atoms. The maximum Gasteiger partial charge on any atom is 0.344 e. The van der Waals surface area contributed by atoms with Gasteiger partial charge in [-0.05, 0) is 48.4 Å². The Bertz CT molecular complexity index is 1260. The Morgan fingerprint density at radius 3 is 2.48 bits per heavy atom. The number of rotatable bonds is 4. The number of para-hydroxylation sites is 2. The third kappa shape index (κ3) is 3.62. The Morgan fingerprint density at radius 1 is 0.966 bits per heavy atom. The molecule has 0 spiro atoms. The summed E-state index contributed by atoms with van der Waals surface area (Å²) in [4.78, 5) is 25.0. The van der Waals surface area contributed by atoms with E-state index in [1.807, 2.05) is 43.3 Å². The van der Waals surface area contributed by atoms with E-state index < -0.39 is 5.63 Å². The molecule has 0 aliphatic heterocycles. The molecule has 5 nitrogen and oxygen atoms in total. The van der Waals surface area contributed by atoms with Crippen molar-refractivity contribution in [3.63, 3.8) is 0 Å². The first-order chi connectivity index (χ1) is 14.1. The van der Waals surface area contributed by atoms with E-state index in [-0.39, 0.29) is 5.91 Å². The van der Waals surface area contributed by atoms with Crippen LogP contribution < -0.4 is 15.7 Å². The zero-order valence-electron chi connectivity index (χ0n) is 16.1. The molecule has 4 rings (SSSR count). The van der Waals surface area contributed by atoms with Gasteiger partial charge in [-0.3, -0.25) is 4.79 Å². The summed E-state index contributed by atoms with van der Waals surface area (Å²) in [7, 11) is 1.54. The number of carbonyl (C=O) groups excluding carboxylic acids is 1. The molecule has 0 aliphatic rings. The zero-order valence-corrected chi connectivity index (χ0v) is 16.1. The number of anilines is 1. The minimum absolute atomic E-state index is 0.261. The quantitative estimate of drug-likeness (QED) is 0.500. The summed E-state index contributed by atoms with van der Waals surface area (Å²) in [5.74, 6) is 0.291. The maximum atomic E-state index is 12.6. The zero-order chi connectivity index (χ0) is 20.4. The van der Waals surface area contributed by atoms with E-state index in [0.717, 1.165) is 16.5 Å². The fourth-order valence-corrected chi connectivity index (χ4v) is 3.30. The lowest BCUT2D eigenvalue weighted by Crippen LogP contribution is -2.13. The summed E-state index contributed by atoms with van der Waals surface area (Å²) in [5, 5.41) is 3.72. The molecule has 1 amide bonds. The summed E-state index contributed by atoms with van der Waals surface area (Å²) in [6.07, 6.45) is 0. The van der Waals surface area contributed by atoms with Crippen LogP contribution >= 0.6 is 0 Å². The van der Waals surface area contributed by atoms with Crippen LogP contribution in [0.2, 0.25) is 0 Å². The molecule has 4 aromatic rings. The van der Waals surface area contributed by atoms with Crippen LogP contribution in [0.4, 0.5) is 5.69 Å². The molecule has 0 fully saturated rings. The lowest BCUT2D eigenvalue weighted by Gasteiger charge is -2.12. The lowest BCUT2D eigenvalue weighted by atomic mass is 10.1. The van der Waals surface area contributed by atoms with Gasteiger partial charge in [0.15, 0.2) is 0 Å². The molecule has 0 saturated carbocycles. The predicted octanol–water partition coefficient (Wildman–Crippen LogP) is 5.03. The molecule has 0 saturated heterocycles. The van der Waals surface area contributed by atoms with Gasteiger partial charge >= 0.3 is 5.63 Å². The molecule has 29 heavy (non-hydrogen) atoms. The first-order valence-corrected chi connectivity index (χ1v) is 9.15. The number of aryl methyl sites for hydroxylation is 1. The van der Waals surface area contributed by atoms with Crippen LogP contribution in [-0.2, 0) is 0 Å². The van der Waals surface area contributed by atoms with Gasteiger partial charge in [-0.1, -0.05) is 42.5 Å². The van der Waals surface area contributed by atoms with E-state index in [4.69, 9.17) is 9.15 Å². The van der Waals surface area contributed by atoms with Crippen LogP contribution in [0, 0.1) is 6.92 Å². The third-order valence-electron chi connectivity index (χ3n) is 4.76. The van der Waals surface area contributed by atoms with Crippen LogP contribution in [0.5, 0.6) is 5.75 Å². The van der Waals surface area contributed by atoms with Crippen molar-refractivity contribution in [3.05, 3.63) is 94.3 Å². The third-order valence-corrected chi connectivity index (χ3v) is 4.76. The van der Waals surface area contributed by atoms with Crippen LogP contribution in [0.15, 0.2) is 82.0 Å². The maximum absolute atomic E-state index is 12.6. The highest BCUT2D eigenvalue weighted by Gasteiger charge is 2.14. The summed E-state index contributed by atoms with van der Waals surface area (Å²) >= 11 is 0. The van der Waals surface area contributed by atoms with Crippen LogP contribution in [0.1, 0.15) is 15.9 Å². The SMILES string of the molecule is COc1c(C)cccc1C(=O)Nc1ccc(-c2cc3ccccc3oc2=O)cc1. The second-order valence-electron chi connectivity index (χ2n) is 6.67. The highest BCUT2D eigenvalue weighted by molar-refractivity contribution is 6.06. The van der Waals surface area contributed by atoms with Gasteiger partial charge < -0.3 is 14.5 Å². The Balaban J connectivity index is 1.61. The van der Waals surface area contributed by atoms with E-state index in [1.54, 1.807) is 43.5 Å². The molecule has 0 aliphatic carbocycles. The first kappa shape index (κ1) is 18.5. The second kappa shape index (κ2) is 7.64. The van der Waals surface area contributed by atoms with Crippen molar-refractivity contribution in [1.82, 2.24) is 0 Å². The van der Waals surface area contributed by atoms with E-state index in [9.17, 15) is 9.59 Å². The van der Waals surface area contributed by atoms with Crippen LogP contribution in [0.25, 0.3) is 22.1 Å². The van der Waals surface area contributed by atoms with Crippen molar-refractivity contribution in [2.75, 3.05) is 12.4 Å². The number of carbonyl (C=O) groups is 1. The molecule has 3 aromatic carbocycles. The Kier molecular flexibility index (Phi) is 4.87. The van der Waals surface area contributed by atoms with E-state index in [0.29, 0.717) is 28.1 Å². The Labute approximate surface area is 167 Å². The van der Waals surface area contributed by atoms with Gasteiger partial charge in [0.25, 0.3) is 5.91 Å². The molecule has 0 unspecified atom stereocenters.